The molecule has 0 unspecified atom stereocenters. The van der Waals surface area contributed by atoms with Crippen LogP contribution in [0.1, 0.15) is 13.8 Å². The van der Waals surface area contributed by atoms with Crippen molar-refractivity contribution in [1.82, 2.24) is 0 Å². The van der Waals surface area contributed by atoms with Gasteiger partial charge in [0.2, 0.25) is 0 Å². The molecule has 0 spiro atoms. The molecule has 46 valence electrons. The third-order valence-electron chi connectivity index (χ3n) is 0.911. The second kappa shape index (κ2) is 3.01. The van der Waals surface area contributed by atoms with Gasteiger partial charge in [-0.15, -0.1) is 0 Å². The molecular formula is C4H10N4. The van der Waals surface area contributed by atoms with Gasteiger partial charge < -0.3 is 11.7 Å². The lowest BCUT2D eigenvalue weighted by molar-refractivity contribution is 1.22. The zero-order valence-electron chi connectivity index (χ0n) is 5.05. The first-order valence-electron chi connectivity index (χ1n) is 2.21. The molecule has 0 saturated carbocycles. The Morgan fingerprint density at radius 2 is 1.25 bits per heavy atom. The molecule has 0 rings (SSSR count). The van der Waals surface area contributed by atoms with Crippen LogP contribution in [0, 0.1) is 0 Å². The van der Waals surface area contributed by atoms with Crippen molar-refractivity contribution in [2.24, 2.45) is 21.9 Å². The van der Waals surface area contributed by atoms with Crippen LogP contribution in [0.3, 0.4) is 0 Å². The first-order chi connectivity index (χ1) is 3.72. The van der Waals surface area contributed by atoms with Crippen molar-refractivity contribution in [3.63, 3.8) is 0 Å². The van der Waals surface area contributed by atoms with Crippen molar-refractivity contribution < 1.29 is 0 Å². The van der Waals surface area contributed by atoms with Gasteiger partial charge in [0.1, 0.15) is 0 Å². The van der Waals surface area contributed by atoms with E-state index in [2.05, 4.69) is 10.2 Å². The summed E-state index contributed by atoms with van der Waals surface area (Å²) in [5.41, 5.74) is 1.32. The zero-order valence-corrected chi connectivity index (χ0v) is 5.05. The lowest BCUT2D eigenvalue weighted by Crippen LogP contribution is -2.09. The Morgan fingerprint density at radius 1 is 1.00 bits per heavy atom. The van der Waals surface area contributed by atoms with E-state index in [9.17, 15) is 0 Å². The van der Waals surface area contributed by atoms with Gasteiger partial charge in [-0.1, -0.05) is 0 Å². The predicted octanol–water partition coefficient (Wildman–Crippen LogP) is -0.344. The topological polar surface area (TPSA) is 76.8 Å². The van der Waals surface area contributed by atoms with E-state index in [-0.39, 0.29) is 0 Å². The van der Waals surface area contributed by atoms with Crippen LogP contribution in [-0.2, 0) is 0 Å². The average Bonchev–Trinajstić information content (AvgIpc) is 1.84. The van der Waals surface area contributed by atoms with Gasteiger partial charge in [0.25, 0.3) is 0 Å². The molecule has 0 saturated heterocycles. The Labute approximate surface area is 48.2 Å². The zero-order chi connectivity index (χ0) is 6.57. The number of hydrogen-bond donors (Lipinski definition) is 2. The normalized spacial score (nSPS) is 14.2. The Bertz CT molecular complexity index is 108. The van der Waals surface area contributed by atoms with E-state index in [1.165, 1.54) is 0 Å². The average molecular weight is 114 g/mol. The van der Waals surface area contributed by atoms with Gasteiger partial charge in [0, 0.05) is 0 Å². The maximum atomic E-state index is 4.90. The maximum absolute atomic E-state index is 4.90. The highest BCUT2D eigenvalue weighted by Gasteiger charge is 1.91. The fourth-order valence-corrected chi connectivity index (χ4v) is 0.187. The smallest absolute Gasteiger partial charge is 0.0798 e. The second-order valence-corrected chi connectivity index (χ2v) is 1.43. The Hall–Kier alpha value is -1.06. The van der Waals surface area contributed by atoms with Crippen LogP contribution in [0.4, 0.5) is 0 Å². The van der Waals surface area contributed by atoms with Crippen molar-refractivity contribution in [1.29, 1.82) is 0 Å². The van der Waals surface area contributed by atoms with Gasteiger partial charge in [0.05, 0.1) is 11.4 Å². The van der Waals surface area contributed by atoms with Crippen LogP contribution < -0.4 is 11.7 Å². The molecule has 0 aliphatic rings. The quantitative estimate of drug-likeness (QED) is 0.278. The number of hydrogen-bond acceptors (Lipinski definition) is 4. The van der Waals surface area contributed by atoms with E-state index in [0.717, 1.165) is 0 Å². The molecule has 0 aromatic carbocycles. The molecule has 4 N–H and O–H groups in total. The number of rotatable bonds is 1. The molecule has 0 heterocycles. The van der Waals surface area contributed by atoms with Crippen molar-refractivity contribution in [3.05, 3.63) is 0 Å². The van der Waals surface area contributed by atoms with Gasteiger partial charge in [-0.3, -0.25) is 0 Å². The molecule has 0 aliphatic carbocycles. The van der Waals surface area contributed by atoms with Crippen LogP contribution in [-0.4, -0.2) is 11.4 Å². The second-order valence-electron chi connectivity index (χ2n) is 1.43. The molecule has 0 bridgehead atoms. The number of nitrogens with zero attached hydrogens (tertiary/aromatic N) is 2. The predicted molar refractivity (Wildman–Crippen MR) is 34.6 cm³/mol. The van der Waals surface area contributed by atoms with Crippen LogP contribution >= 0.6 is 0 Å². The van der Waals surface area contributed by atoms with Crippen LogP contribution in [0.5, 0.6) is 0 Å². The lowest BCUT2D eigenvalue weighted by atomic mass is 10.3. The van der Waals surface area contributed by atoms with Crippen LogP contribution in [0.25, 0.3) is 0 Å². The molecule has 0 aromatic rings. The van der Waals surface area contributed by atoms with Gasteiger partial charge in [-0.05, 0) is 13.8 Å². The number of nitrogens with two attached hydrogens (primary N) is 2. The van der Waals surface area contributed by atoms with Gasteiger partial charge in [-0.25, -0.2) is 0 Å². The van der Waals surface area contributed by atoms with Crippen LogP contribution in [0.15, 0.2) is 10.2 Å². The minimum Gasteiger partial charge on any atom is -0.323 e. The first-order valence-corrected chi connectivity index (χ1v) is 2.21. The van der Waals surface area contributed by atoms with Crippen molar-refractivity contribution in [3.8, 4) is 0 Å². The minimum atomic E-state index is 0.660. The van der Waals surface area contributed by atoms with E-state index in [0.29, 0.717) is 11.4 Å². The first kappa shape index (κ1) is 6.94. The molecule has 0 atom stereocenters. The molecule has 0 aromatic heterocycles. The Kier molecular flexibility index (Phi) is 2.61. The molecule has 4 heteroatoms. The standard InChI is InChI=1S/C4H10N4/c1-3(7-5)4(2)8-6/h5-6H2,1-2H3. The minimum absolute atomic E-state index is 0.660. The highest BCUT2D eigenvalue weighted by molar-refractivity contribution is 6.40. The molecule has 0 fully saturated rings. The molecule has 0 aliphatic heterocycles. The van der Waals surface area contributed by atoms with E-state index < -0.39 is 0 Å². The summed E-state index contributed by atoms with van der Waals surface area (Å²) < 4.78 is 0. The third-order valence-corrected chi connectivity index (χ3v) is 0.911. The molecule has 0 amide bonds. The van der Waals surface area contributed by atoms with Gasteiger partial charge in [0.15, 0.2) is 0 Å². The largest absolute Gasteiger partial charge is 0.323 e. The van der Waals surface area contributed by atoms with E-state index in [1.54, 1.807) is 13.8 Å². The summed E-state index contributed by atoms with van der Waals surface area (Å²) in [4.78, 5) is 0. The van der Waals surface area contributed by atoms with E-state index >= 15 is 0 Å². The highest BCUT2D eigenvalue weighted by Crippen LogP contribution is 1.76. The monoisotopic (exact) mass is 114 g/mol. The summed E-state index contributed by atoms with van der Waals surface area (Å²) in [5.74, 6) is 9.80. The fraction of sp³-hybridized carbons (Fsp3) is 0.500. The summed E-state index contributed by atoms with van der Waals surface area (Å²) in [7, 11) is 0. The molecule has 4 nitrogen and oxygen atoms in total. The third kappa shape index (κ3) is 1.59. The van der Waals surface area contributed by atoms with Gasteiger partial charge in [-0.2, -0.15) is 10.2 Å². The number of hydrazone groups is 2. The molecule has 0 radical (unpaired) electrons. The summed E-state index contributed by atoms with van der Waals surface area (Å²) >= 11 is 0. The Balaban J connectivity index is 4.04. The molecule has 8 heavy (non-hydrogen) atoms. The lowest BCUT2D eigenvalue weighted by Gasteiger charge is -1.91. The highest BCUT2D eigenvalue weighted by atomic mass is 15.2. The van der Waals surface area contributed by atoms with E-state index in [4.69, 9.17) is 11.7 Å². The molecular weight excluding hydrogens is 104 g/mol. The SMILES string of the molecule is CC(=NN)C(C)=NN. The maximum Gasteiger partial charge on any atom is 0.0798 e. The fourth-order valence-electron chi connectivity index (χ4n) is 0.187. The van der Waals surface area contributed by atoms with Crippen molar-refractivity contribution >= 4 is 11.4 Å². The van der Waals surface area contributed by atoms with Crippen molar-refractivity contribution in [2.45, 2.75) is 13.8 Å². The Morgan fingerprint density at radius 3 is 1.38 bits per heavy atom. The summed E-state index contributed by atoms with van der Waals surface area (Å²) in [5, 5.41) is 6.73. The summed E-state index contributed by atoms with van der Waals surface area (Å²) in [6.07, 6.45) is 0. The van der Waals surface area contributed by atoms with E-state index in [1.807, 2.05) is 0 Å². The van der Waals surface area contributed by atoms with Crippen molar-refractivity contribution in [2.75, 3.05) is 0 Å². The summed E-state index contributed by atoms with van der Waals surface area (Å²) in [6, 6.07) is 0. The van der Waals surface area contributed by atoms with Gasteiger partial charge >= 0.3 is 0 Å². The van der Waals surface area contributed by atoms with Crippen LogP contribution in [0.2, 0.25) is 0 Å². The summed E-state index contributed by atoms with van der Waals surface area (Å²) in [6.45, 7) is 3.48.